The molecule has 1 saturated heterocycles. The molecule has 0 amide bonds. The molecule has 2 aliphatic rings. The van der Waals surface area contributed by atoms with Gasteiger partial charge in [-0.05, 0) is 49.2 Å². The highest BCUT2D eigenvalue weighted by molar-refractivity contribution is 6.30. The lowest BCUT2D eigenvalue weighted by Crippen LogP contribution is -2.40. The highest BCUT2D eigenvalue weighted by atomic mass is 35.5. The largest absolute Gasteiger partial charge is 0.495 e. The number of benzene rings is 2. The molecule has 0 bridgehead atoms. The Hall–Kier alpha value is -3.25. The molecule has 6 nitrogen and oxygen atoms in total. The SMILES string of the molecule is COc1cc(C=CC2=NOC3(c4ccc(Cl)cc4)CCCN23)ccc1-n1cnc(C)c1. The minimum atomic E-state index is -0.537. The normalized spacial score (nSPS) is 20.1. The molecule has 0 saturated carbocycles. The first kappa shape index (κ1) is 19.7. The van der Waals surface area contributed by atoms with E-state index in [1.54, 1.807) is 13.4 Å². The smallest absolute Gasteiger partial charge is 0.237 e. The number of amidine groups is 1. The summed E-state index contributed by atoms with van der Waals surface area (Å²) in [7, 11) is 1.68. The number of oxime groups is 1. The monoisotopic (exact) mass is 434 g/mol. The van der Waals surface area contributed by atoms with Gasteiger partial charge >= 0.3 is 0 Å². The maximum Gasteiger partial charge on any atom is 0.237 e. The Morgan fingerprint density at radius 3 is 2.74 bits per heavy atom. The zero-order chi connectivity index (χ0) is 21.4. The fraction of sp³-hybridized carbons (Fsp3) is 0.250. The summed E-state index contributed by atoms with van der Waals surface area (Å²) < 4.78 is 7.58. The molecular weight excluding hydrogens is 412 g/mol. The number of rotatable bonds is 5. The van der Waals surface area contributed by atoms with Gasteiger partial charge in [0.2, 0.25) is 5.72 Å². The first-order valence-corrected chi connectivity index (χ1v) is 10.6. The molecule has 3 aromatic rings. The number of halogens is 1. The fourth-order valence-electron chi connectivity index (χ4n) is 4.28. The topological polar surface area (TPSA) is 51.9 Å². The van der Waals surface area contributed by atoms with Gasteiger partial charge in [-0.15, -0.1) is 0 Å². The molecular formula is C24H23ClN4O2. The zero-order valence-electron chi connectivity index (χ0n) is 17.5. The van der Waals surface area contributed by atoms with Crippen LogP contribution in [0, 0.1) is 6.92 Å². The predicted octanol–water partition coefficient (Wildman–Crippen LogP) is 5.15. The van der Waals surface area contributed by atoms with Gasteiger partial charge in [0, 0.05) is 29.7 Å². The van der Waals surface area contributed by atoms with E-state index >= 15 is 0 Å². The van der Waals surface area contributed by atoms with Crippen LogP contribution in [0.1, 0.15) is 29.7 Å². The van der Waals surface area contributed by atoms with E-state index in [-0.39, 0.29) is 0 Å². The maximum absolute atomic E-state index is 6.07. The van der Waals surface area contributed by atoms with Crippen LogP contribution in [-0.2, 0) is 10.6 Å². The minimum Gasteiger partial charge on any atom is -0.495 e. The van der Waals surface area contributed by atoms with Crippen molar-refractivity contribution in [2.75, 3.05) is 13.7 Å². The van der Waals surface area contributed by atoms with Crippen molar-refractivity contribution in [2.45, 2.75) is 25.5 Å². The maximum atomic E-state index is 6.07. The summed E-state index contributed by atoms with van der Waals surface area (Å²) in [5.41, 5.74) is 3.46. The van der Waals surface area contributed by atoms with Gasteiger partial charge < -0.3 is 19.0 Å². The lowest BCUT2D eigenvalue weighted by Gasteiger charge is -2.30. The molecule has 1 fully saturated rings. The first-order valence-electron chi connectivity index (χ1n) is 10.3. The van der Waals surface area contributed by atoms with Crippen molar-refractivity contribution in [3.05, 3.63) is 82.9 Å². The summed E-state index contributed by atoms with van der Waals surface area (Å²) in [6.45, 7) is 2.86. The van der Waals surface area contributed by atoms with Gasteiger partial charge in [-0.25, -0.2) is 4.98 Å². The van der Waals surface area contributed by atoms with E-state index in [1.807, 2.05) is 66.2 Å². The van der Waals surface area contributed by atoms with Gasteiger partial charge in [0.15, 0.2) is 5.84 Å². The van der Waals surface area contributed by atoms with E-state index in [4.69, 9.17) is 21.2 Å². The van der Waals surface area contributed by atoms with E-state index in [0.717, 1.165) is 53.5 Å². The van der Waals surface area contributed by atoms with Gasteiger partial charge in [0.25, 0.3) is 0 Å². The third-order valence-corrected chi connectivity index (χ3v) is 6.07. The number of methoxy groups -OCH3 is 1. The summed E-state index contributed by atoms with van der Waals surface area (Å²) in [5, 5.41) is 5.11. The number of hydrogen-bond donors (Lipinski definition) is 0. The van der Waals surface area contributed by atoms with E-state index in [1.165, 1.54) is 0 Å². The molecule has 0 aliphatic carbocycles. The molecule has 7 heteroatoms. The average molecular weight is 435 g/mol. The summed E-state index contributed by atoms with van der Waals surface area (Å²) in [4.78, 5) is 12.5. The van der Waals surface area contributed by atoms with Crippen molar-refractivity contribution >= 4 is 23.5 Å². The molecule has 0 radical (unpaired) electrons. The van der Waals surface area contributed by atoms with Crippen molar-refractivity contribution in [2.24, 2.45) is 5.16 Å². The van der Waals surface area contributed by atoms with Crippen LogP contribution in [0.25, 0.3) is 11.8 Å². The highest BCUT2D eigenvalue weighted by Crippen LogP contribution is 2.44. The van der Waals surface area contributed by atoms with Crippen LogP contribution in [0.3, 0.4) is 0 Å². The molecule has 0 N–H and O–H groups in total. The molecule has 0 spiro atoms. The molecule has 3 heterocycles. The third kappa shape index (κ3) is 3.47. The molecule has 31 heavy (non-hydrogen) atoms. The third-order valence-electron chi connectivity index (χ3n) is 5.81. The van der Waals surface area contributed by atoms with Crippen molar-refractivity contribution in [1.29, 1.82) is 0 Å². The Morgan fingerprint density at radius 1 is 1.16 bits per heavy atom. The van der Waals surface area contributed by atoms with Crippen molar-refractivity contribution in [3.8, 4) is 11.4 Å². The molecule has 1 unspecified atom stereocenters. The standard InChI is InChI=1S/C24H23ClN4O2/c1-17-15-28(16-26-17)21-10-4-18(14-22(21)30-2)5-11-23-27-31-24(12-3-13-29(23)24)19-6-8-20(25)9-7-19/h4-11,14-16H,3,12-13H2,1-2H3. The quantitative estimate of drug-likeness (QED) is 0.557. The lowest BCUT2D eigenvalue weighted by molar-refractivity contribution is -0.0847. The van der Waals surface area contributed by atoms with Crippen LogP contribution in [-0.4, -0.2) is 33.9 Å². The average Bonchev–Trinajstić information content (AvgIpc) is 3.48. The summed E-state index contributed by atoms with van der Waals surface area (Å²) in [6, 6.07) is 13.9. The van der Waals surface area contributed by atoms with E-state index < -0.39 is 5.72 Å². The van der Waals surface area contributed by atoms with Crippen LogP contribution < -0.4 is 4.74 Å². The Morgan fingerprint density at radius 2 is 2.00 bits per heavy atom. The van der Waals surface area contributed by atoms with Crippen LogP contribution in [0.15, 0.2) is 66.2 Å². The summed E-state index contributed by atoms with van der Waals surface area (Å²) >= 11 is 6.07. The van der Waals surface area contributed by atoms with Crippen LogP contribution in [0.2, 0.25) is 5.02 Å². The number of aryl methyl sites for hydroxylation is 1. The first-order chi connectivity index (χ1) is 15.1. The van der Waals surface area contributed by atoms with Gasteiger partial charge in [0.1, 0.15) is 5.75 Å². The van der Waals surface area contributed by atoms with Gasteiger partial charge in [0.05, 0.1) is 24.8 Å². The lowest BCUT2D eigenvalue weighted by atomic mass is 10.00. The fourth-order valence-corrected chi connectivity index (χ4v) is 4.40. The minimum absolute atomic E-state index is 0.537. The summed E-state index contributed by atoms with van der Waals surface area (Å²) in [6.07, 6.45) is 9.73. The van der Waals surface area contributed by atoms with Crippen LogP contribution >= 0.6 is 11.6 Å². The molecule has 158 valence electrons. The van der Waals surface area contributed by atoms with E-state index in [2.05, 4.69) is 21.1 Å². The molecule has 2 aliphatic heterocycles. The zero-order valence-corrected chi connectivity index (χ0v) is 18.2. The van der Waals surface area contributed by atoms with Crippen molar-refractivity contribution in [1.82, 2.24) is 14.5 Å². The second kappa shape index (κ2) is 7.78. The number of imidazole rings is 1. The number of nitrogens with zero attached hydrogens (tertiary/aromatic N) is 4. The Kier molecular flexibility index (Phi) is 4.94. The second-order valence-electron chi connectivity index (χ2n) is 7.77. The Labute approximate surface area is 186 Å². The van der Waals surface area contributed by atoms with Crippen LogP contribution in [0.5, 0.6) is 5.75 Å². The molecule has 2 aromatic carbocycles. The number of aromatic nitrogens is 2. The number of hydrogen-bond acceptors (Lipinski definition) is 5. The molecule has 5 rings (SSSR count). The van der Waals surface area contributed by atoms with Gasteiger partial charge in [-0.3, -0.25) is 0 Å². The summed E-state index contributed by atoms with van der Waals surface area (Å²) in [5.74, 6) is 1.60. The number of fused-ring (bicyclic) bond motifs is 1. The van der Waals surface area contributed by atoms with Crippen molar-refractivity contribution in [3.63, 3.8) is 0 Å². The molecule has 1 atom stereocenters. The highest BCUT2D eigenvalue weighted by Gasteiger charge is 2.50. The second-order valence-corrected chi connectivity index (χ2v) is 8.21. The van der Waals surface area contributed by atoms with Gasteiger partial charge in [-0.1, -0.05) is 41.0 Å². The predicted molar refractivity (Wildman–Crippen MR) is 121 cm³/mol. The Balaban J connectivity index is 1.39. The molecule has 1 aromatic heterocycles. The Bertz CT molecular complexity index is 1170. The number of ether oxygens (including phenoxy) is 1. The van der Waals surface area contributed by atoms with E-state index in [9.17, 15) is 0 Å². The van der Waals surface area contributed by atoms with Crippen LogP contribution in [0.4, 0.5) is 0 Å². The van der Waals surface area contributed by atoms with Crippen molar-refractivity contribution < 1.29 is 9.57 Å². The van der Waals surface area contributed by atoms with E-state index in [0.29, 0.717) is 5.02 Å². The van der Waals surface area contributed by atoms with Gasteiger partial charge in [-0.2, -0.15) is 0 Å².